The van der Waals surface area contributed by atoms with Gasteiger partial charge in [-0.1, -0.05) is 6.07 Å². The quantitative estimate of drug-likeness (QED) is 0.828. The van der Waals surface area contributed by atoms with E-state index in [1.807, 2.05) is 12.1 Å². The first-order chi connectivity index (χ1) is 8.31. The van der Waals surface area contributed by atoms with E-state index in [0.29, 0.717) is 11.5 Å². The van der Waals surface area contributed by atoms with Crippen LogP contribution in [0, 0.1) is 5.92 Å². The summed E-state index contributed by atoms with van der Waals surface area (Å²) in [6, 6.07) is 5.97. The highest BCUT2D eigenvalue weighted by Crippen LogP contribution is 2.19. The zero-order valence-electron chi connectivity index (χ0n) is 9.66. The Kier molecular flexibility index (Phi) is 2.73. The number of aromatic amines is 1. The number of piperidine rings is 1. The van der Waals surface area contributed by atoms with Crippen molar-refractivity contribution in [1.29, 1.82) is 0 Å². The van der Waals surface area contributed by atoms with Gasteiger partial charge in [0.25, 0.3) is 0 Å². The van der Waals surface area contributed by atoms with Crippen molar-refractivity contribution in [3.05, 3.63) is 34.3 Å². The molecule has 90 valence electrons. The van der Waals surface area contributed by atoms with E-state index in [9.17, 15) is 4.79 Å². The molecule has 0 bridgehead atoms. The highest BCUT2D eigenvalue weighted by molar-refractivity contribution is 5.72. The van der Waals surface area contributed by atoms with Crippen LogP contribution in [0.25, 0.3) is 11.1 Å². The fraction of sp³-hybridized carbons (Fsp3) is 0.462. The molecule has 1 aliphatic rings. The molecule has 4 heteroatoms. The summed E-state index contributed by atoms with van der Waals surface area (Å²) >= 11 is 0. The molecule has 2 N–H and O–H groups in total. The van der Waals surface area contributed by atoms with Crippen molar-refractivity contribution in [2.75, 3.05) is 13.1 Å². The Morgan fingerprint density at radius 1 is 1.41 bits per heavy atom. The minimum Gasteiger partial charge on any atom is -0.408 e. The lowest BCUT2D eigenvalue weighted by molar-refractivity contribution is 0.376. The third-order valence-electron chi connectivity index (χ3n) is 3.41. The van der Waals surface area contributed by atoms with Gasteiger partial charge in [-0.15, -0.1) is 0 Å². The van der Waals surface area contributed by atoms with Crippen molar-refractivity contribution in [2.45, 2.75) is 19.3 Å². The first-order valence-electron chi connectivity index (χ1n) is 6.14. The van der Waals surface area contributed by atoms with Crippen molar-refractivity contribution in [3.8, 4) is 0 Å². The Bertz CT molecular complexity index is 564. The van der Waals surface area contributed by atoms with Crippen LogP contribution in [0.2, 0.25) is 0 Å². The van der Waals surface area contributed by atoms with Gasteiger partial charge in [-0.3, -0.25) is 4.98 Å². The number of benzene rings is 1. The van der Waals surface area contributed by atoms with E-state index in [2.05, 4.69) is 16.4 Å². The zero-order valence-corrected chi connectivity index (χ0v) is 9.66. The third kappa shape index (κ3) is 2.26. The predicted molar refractivity (Wildman–Crippen MR) is 66.1 cm³/mol. The van der Waals surface area contributed by atoms with Gasteiger partial charge in [0.05, 0.1) is 5.52 Å². The lowest BCUT2D eigenvalue weighted by Gasteiger charge is -2.22. The first-order valence-corrected chi connectivity index (χ1v) is 6.14. The fourth-order valence-corrected chi connectivity index (χ4v) is 2.55. The Hall–Kier alpha value is -1.55. The predicted octanol–water partition coefficient (Wildman–Crippen LogP) is 1.66. The molecule has 3 rings (SSSR count). The summed E-state index contributed by atoms with van der Waals surface area (Å²) in [6.45, 7) is 2.23. The standard InChI is InChI=1S/C13H16N2O2/c16-13-15-11-4-3-9(7-12(11)17-13)6-10-2-1-5-14-8-10/h3-4,7,10,14H,1-2,5-6,8H2,(H,15,16). The van der Waals surface area contributed by atoms with Gasteiger partial charge in [-0.25, -0.2) is 4.79 Å². The monoisotopic (exact) mass is 232 g/mol. The van der Waals surface area contributed by atoms with Gasteiger partial charge in [0.2, 0.25) is 0 Å². The lowest BCUT2D eigenvalue weighted by Crippen LogP contribution is -2.30. The van der Waals surface area contributed by atoms with E-state index in [1.54, 1.807) is 0 Å². The molecule has 1 saturated heterocycles. The highest BCUT2D eigenvalue weighted by Gasteiger charge is 2.14. The van der Waals surface area contributed by atoms with Gasteiger partial charge in [0, 0.05) is 0 Å². The van der Waals surface area contributed by atoms with Crippen LogP contribution in [-0.2, 0) is 6.42 Å². The van der Waals surface area contributed by atoms with Crippen LogP contribution in [0.3, 0.4) is 0 Å². The van der Waals surface area contributed by atoms with Gasteiger partial charge in [0.15, 0.2) is 5.58 Å². The molecule has 1 fully saturated rings. The molecule has 1 aliphatic heterocycles. The van der Waals surface area contributed by atoms with Gasteiger partial charge in [-0.2, -0.15) is 0 Å². The van der Waals surface area contributed by atoms with E-state index in [4.69, 9.17) is 4.42 Å². The maximum absolute atomic E-state index is 11.1. The van der Waals surface area contributed by atoms with Crippen LogP contribution >= 0.6 is 0 Å². The van der Waals surface area contributed by atoms with E-state index < -0.39 is 0 Å². The number of fused-ring (bicyclic) bond motifs is 1. The molecular weight excluding hydrogens is 216 g/mol. The topological polar surface area (TPSA) is 58.0 Å². The van der Waals surface area contributed by atoms with Crippen molar-refractivity contribution in [1.82, 2.24) is 10.3 Å². The average molecular weight is 232 g/mol. The molecule has 0 radical (unpaired) electrons. The molecule has 4 nitrogen and oxygen atoms in total. The van der Waals surface area contributed by atoms with Crippen molar-refractivity contribution < 1.29 is 4.42 Å². The molecule has 1 unspecified atom stereocenters. The normalized spacial score (nSPS) is 20.8. The summed E-state index contributed by atoms with van der Waals surface area (Å²) < 4.78 is 5.07. The molecule has 17 heavy (non-hydrogen) atoms. The number of hydrogen-bond acceptors (Lipinski definition) is 3. The van der Waals surface area contributed by atoms with Crippen LogP contribution in [-0.4, -0.2) is 18.1 Å². The number of nitrogens with one attached hydrogen (secondary N) is 2. The van der Waals surface area contributed by atoms with Crippen molar-refractivity contribution >= 4 is 11.1 Å². The molecular formula is C13H16N2O2. The summed E-state index contributed by atoms with van der Waals surface area (Å²) in [5.74, 6) is 0.323. The van der Waals surface area contributed by atoms with Gasteiger partial charge in [0.1, 0.15) is 0 Å². The number of oxazole rings is 1. The van der Waals surface area contributed by atoms with Crippen LogP contribution in [0.1, 0.15) is 18.4 Å². The molecule has 1 aromatic heterocycles. The molecule has 1 atom stereocenters. The molecule has 2 aromatic rings. The molecule has 0 aliphatic carbocycles. The Morgan fingerprint density at radius 3 is 3.18 bits per heavy atom. The van der Waals surface area contributed by atoms with Crippen molar-refractivity contribution in [3.63, 3.8) is 0 Å². The Balaban J connectivity index is 1.82. The SMILES string of the molecule is O=c1[nH]c2ccc(CC3CCCNC3)cc2o1. The van der Waals surface area contributed by atoms with Gasteiger partial charge < -0.3 is 9.73 Å². The van der Waals surface area contributed by atoms with E-state index in [1.165, 1.54) is 18.4 Å². The van der Waals surface area contributed by atoms with Crippen molar-refractivity contribution in [2.24, 2.45) is 5.92 Å². The number of aromatic nitrogens is 1. The van der Waals surface area contributed by atoms with E-state index in [-0.39, 0.29) is 5.76 Å². The molecule has 0 saturated carbocycles. The summed E-state index contributed by atoms with van der Waals surface area (Å²) in [6.07, 6.45) is 3.59. The van der Waals surface area contributed by atoms with Crippen LogP contribution in [0.5, 0.6) is 0 Å². The second kappa shape index (κ2) is 4.37. The second-order valence-corrected chi connectivity index (χ2v) is 4.76. The van der Waals surface area contributed by atoms with Crippen LogP contribution < -0.4 is 11.1 Å². The molecule has 0 amide bonds. The molecule has 2 heterocycles. The summed E-state index contributed by atoms with van der Waals surface area (Å²) in [5, 5.41) is 3.42. The maximum Gasteiger partial charge on any atom is 0.417 e. The van der Waals surface area contributed by atoms with Gasteiger partial charge in [-0.05, 0) is 56.0 Å². The summed E-state index contributed by atoms with van der Waals surface area (Å²) in [5.41, 5.74) is 2.69. The number of hydrogen-bond donors (Lipinski definition) is 2. The average Bonchev–Trinajstić information content (AvgIpc) is 2.70. The van der Waals surface area contributed by atoms with Gasteiger partial charge >= 0.3 is 5.76 Å². The maximum atomic E-state index is 11.1. The summed E-state index contributed by atoms with van der Waals surface area (Å²) in [7, 11) is 0. The van der Waals surface area contributed by atoms with E-state index >= 15 is 0 Å². The Morgan fingerprint density at radius 2 is 2.35 bits per heavy atom. The Labute approximate surface area is 99.0 Å². The van der Waals surface area contributed by atoms with E-state index in [0.717, 1.165) is 25.0 Å². The number of rotatable bonds is 2. The first kappa shape index (κ1) is 10.6. The summed E-state index contributed by atoms with van der Waals surface area (Å²) in [4.78, 5) is 13.7. The largest absolute Gasteiger partial charge is 0.417 e. The fourth-order valence-electron chi connectivity index (χ4n) is 2.55. The zero-order chi connectivity index (χ0) is 11.7. The van der Waals surface area contributed by atoms with Crippen LogP contribution in [0.15, 0.2) is 27.4 Å². The molecule has 1 aromatic carbocycles. The number of H-pyrrole nitrogens is 1. The highest BCUT2D eigenvalue weighted by atomic mass is 16.4. The van der Waals surface area contributed by atoms with Crippen LogP contribution in [0.4, 0.5) is 0 Å². The second-order valence-electron chi connectivity index (χ2n) is 4.76. The lowest BCUT2D eigenvalue weighted by atomic mass is 9.92. The molecule has 0 spiro atoms. The minimum atomic E-state index is -0.378. The smallest absolute Gasteiger partial charge is 0.408 e. The third-order valence-corrected chi connectivity index (χ3v) is 3.41. The minimum absolute atomic E-state index is 0.378.